The molecule has 1 heterocycles. The maximum Gasteiger partial charge on any atom is 0.242 e. The molecule has 1 aromatic rings. The molecule has 1 aromatic heterocycles. The summed E-state index contributed by atoms with van der Waals surface area (Å²) in [5.74, 6) is 0. The summed E-state index contributed by atoms with van der Waals surface area (Å²) >= 11 is 0. The molecule has 14 heavy (non-hydrogen) atoms. The second-order valence-corrected chi connectivity index (χ2v) is 5.42. The van der Waals surface area contributed by atoms with Crippen molar-refractivity contribution in [1.29, 1.82) is 0 Å². The lowest BCUT2D eigenvalue weighted by Crippen LogP contribution is -2.48. The first-order valence-corrected chi connectivity index (χ1v) is 5.72. The molecule has 0 saturated heterocycles. The Morgan fingerprint density at radius 2 is 2.21 bits per heavy atom. The SMILES string of the molecule is CC(C)(CN)NS(=O)(=O)c1cc[nH]c1. The molecule has 0 spiro atoms. The Labute approximate surface area is 83.8 Å². The lowest BCUT2D eigenvalue weighted by molar-refractivity contribution is 0.462. The Balaban J connectivity index is 2.89. The van der Waals surface area contributed by atoms with Crippen LogP contribution in [0.1, 0.15) is 13.8 Å². The van der Waals surface area contributed by atoms with E-state index in [0.717, 1.165) is 0 Å². The van der Waals surface area contributed by atoms with E-state index in [1.807, 2.05) is 0 Å². The lowest BCUT2D eigenvalue weighted by Gasteiger charge is -2.23. The van der Waals surface area contributed by atoms with Gasteiger partial charge in [0, 0.05) is 24.5 Å². The highest BCUT2D eigenvalue weighted by molar-refractivity contribution is 7.89. The van der Waals surface area contributed by atoms with Crippen molar-refractivity contribution in [3.8, 4) is 0 Å². The van der Waals surface area contributed by atoms with Crippen LogP contribution < -0.4 is 10.5 Å². The normalized spacial score (nSPS) is 13.1. The summed E-state index contributed by atoms with van der Waals surface area (Å²) in [6, 6.07) is 1.49. The summed E-state index contributed by atoms with van der Waals surface area (Å²) < 4.78 is 25.9. The van der Waals surface area contributed by atoms with Crippen molar-refractivity contribution in [3.63, 3.8) is 0 Å². The number of hydrogen-bond acceptors (Lipinski definition) is 3. The third-order valence-corrected chi connectivity index (χ3v) is 3.50. The van der Waals surface area contributed by atoms with Crippen molar-refractivity contribution in [2.75, 3.05) is 6.54 Å². The summed E-state index contributed by atoms with van der Waals surface area (Å²) in [6.45, 7) is 3.71. The van der Waals surface area contributed by atoms with Crippen molar-refractivity contribution >= 4 is 10.0 Å². The van der Waals surface area contributed by atoms with Gasteiger partial charge in [-0.3, -0.25) is 0 Å². The molecule has 1 rings (SSSR count). The van der Waals surface area contributed by atoms with E-state index in [9.17, 15) is 8.42 Å². The monoisotopic (exact) mass is 217 g/mol. The van der Waals surface area contributed by atoms with Crippen LogP contribution in [0.4, 0.5) is 0 Å². The van der Waals surface area contributed by atoms with Gasteiger partial charge in [-0.1, -0.05) is 0 Å². The lowest BCUT2D eigenvalue weighted by atomic mass is 10.1. The van der Waals surface area contributed by atoms with Crippen LogP contribution in [0.15, 0.2) is 23.4 Å². The first kappa shape index (κ1) is 11.2. The average molecular weight is 217 g/mol. The van der Waals surface area contributed by atoms with Gasteiger partial charge in [-0.15, -0.1) is 0 Å². The van der Waals surface area contributed by atoms with E-state index in [1.54, 1.807) is 20.0 Å². The zero-order chi connectivity index (χ0) is 10.8. The van der Waals surface area contributed by atoms with Gasteiger partial charge >= 0.3 is 0 Å². The third kappa shape index (κ3) is 2.57. The molecule has 0 aliphatic rings. The van der Waals surface area contributed by atoms with Gasteiger partial charge in [0.25, 0.3) is 0 Å². The van der Waals surface area contributed by atoms with Crippen molar-refractivity contribution in [1.82, 2.24) is 9.71 Å². The molecule has 0 radical (unpaired) electrons. The Morgan fingerprint density at radius 1 is 1.57 bits per heavy atom. The maximum atomic E-state index is 11.7. The molecule has 4 N–H and O–H groups in total. The van der Waals surface area contributed by atoms with E-state index in [1.165, 1.54) is 12.3 Å². The minimum atomic E-state index is -3.45. The highest BCUT2D eigenvalue weighted by atomic mass is 32.2. The van der Waals surface area contributed by atoms with Crippen LogP contribution in [-0.2, 0) is 10.0 Å². The molecule has 0 amide bonds. The standard InChI is InChI=1S/C8H15N3O2S/c1-8(2,6-9)11-14(12,13)7-3-4-10-5-7/h3-5,10-11H,6,9H2,1-2H3. The fraction of sp³-hybridized carbons (Fsp3) is 0.500. The van der Waals surface area contributed by atoms with Gasteiger partial charge in [0.2, 0.25) is 10.0 Å². The van der Waals surface area contributed by atoms with Crippen LogP contribution in [0, 0.1) is 0 Å². The van der Waals surface area contributed by atoms with Gasteiger partial charge in [0.1, 0.15) is 0 Å². The van der Waals surface area contributed by atoms with E-state index in [4.69, 9.17) is 5.73 Å². The number of rotatable bonds is 4. The van der Waals surface area contributed by atoms with Crippen LogP contribution >= 0.6 is 0 Å². The van der Waals surface area contributed by atoms with Crippen LogP contribution in [-0.4, -0.2) is 25.5 Å². The van der Waals surface area contributed by atoms with E-state index >= 15 is 0 Å². The molecular weight excluding hydrogens is 202 g/mol. The van der Waals surface area contributed by atoms with Crippen LogP contribution in [0.2, 0.25) is 0 Å². The van der Waals surface area contributed by atoms with Crippen molar-refractivity contribution in [3.05, 3.63) is 18.5 Å². The largest absolute Gasteiger partial charge is 0.366 e. The van der Waals surface area contributed by atoms with Crippen molar-refractivity contribution in [2.24, 2.45) is 5.73 Å². The fourth-order valence-electron chi connectivity index (χ4n) is 0.940. The zero-order valence-corrected chi connectivity index (χ0v) is 9.06. The van der Waals surface area contributed by atoms with Gasteiger partial charge in [0.05, 0.1) is 4.90 Å². The Hall–Kier alpha value is -0.850. The molecule has 5 nitrogen and oxygen atoms in total. The molecule has 0 aromatic carbocycles. The molecule has 0 fully saturated rings. The summed E-state index contributed by atoms with van der Waals surface area (Å²) in [5, 5.41) is 0. The molecule has 6 heteroatoms. The number of nitrogens with two attached hydrogens (primary N) is 1. The number of nitrogens with one attached hydrogen (secondary N) is 2. The first-order valence-electron chi connectivity index (χ1n) is 4.24. The molecule has 0 aliphatic heterocycles. The predicted octanol–water partition coefficient (Wildman–Crippen LogP) is 0.0303. The highest BCUT2D eigenvalue weighted by Gasteiger charge is 2.24. The molecule has 0 unspecified atom stereocenters. The van der Waals surface area contributed by atoms with Crippen LogP contribution in [0.25, 0.3) is 0 Å². The Kier molecular flexibility index (Phi) is 2.98. The minimum Gasteiger partial charge on any atom is -0.366 e. The van der Waals surface area contributed by atoms with Crippen LogP contribution in [0.5, 0.6) is 0 Å². The number of aromatic amines is 1. The van der Waals surface area contributed by atoms with E-state index in [2.05, 4.69) is 9.71 Å². The molecule has 80 valence electrons. The van der Waals surface area contributed by atoms with Crippen LogP contribution in [0.3, 0.4) is 0 Å². The van der Waals surface area contributed by atoms with Gasteiger partial charge in [-0.05, 0) is 19.9 Å². The van der Waals surface area contributed by atoms with E-state index in [-0.39, 0.29) is 11.4 Å². The molecule has 0 saturated carbocycles. The van der Waals surface area contributed by atoms with Gasteiger partial charge in [0.15, 0.2) is 0 Å². The second-order valence-electron chi connectivity index (χ2n) is 3.74. The molecule has 0 atom stereocenters. The first-order chi connectivity index (χ1) is 6.37. The number of sulfonamides is 1. The Bertz CT molecular complexity index is 381. The summed E-state index contributed by atoms with van der Waals surface area (Å²) in [6.07, 6.45) is 2.99. The van der Waals surface area contributed by atoms with Gasteiger partial charge < -0.3 is 10.7 Å². The summed E-state index contributed by atoms with van der Waals surface area (Å²) in [7, 11) is -3.45. The number of aromatic nitrogens is 1. The second kappa shape index (κ2) is 3.72. The Morgan fingerprint density at radius 3 is 2.64 bits per heavy atom. The van der Waals surface area contributed by atoms with Gasteiger partial charge in [-0.25, -0.2) is 13.1 Å². The fourth-order valence-corrected chi connectivity index (χ4v) is 2.34. The zero-order valence-electron chi connectivity index (χ0n) is 8.24. The van der Waals surface area contributed by atoms with E-state index < -0.39 is 15.6 Å². The topological polar surface area (TPSA) is 88.0 Å². The smallest absolute Gasteiger partial charge is 0.242 e. The van der Waals surface area contributed by atoms with Crippen molar-refractivity contribution in [2.45, 2.75) is 24.3 Å². The maximum absolute atomic E-state index is 11.7. The number of H-pyrrole nitrogens is 1. The predicted molar refractivity (Wildman–Crippen MR) is 54.2 cm³/mol. The van der Waals surface area contributed by atoms with E-state index in [0.29, 0.717) is 0 Å². The number of hydrogen-bond donors (Lipinski definition) is 3. The highest BCUT2D eigenvalue weighted by Crippen LogP contribution is 2.10. The average Bonchev–Trinajstić information content (AvgIpc) is 2.54. The minimum absolute atomic E-state index is 0.221. The van der Waals surface area contributed by atoms with Gasteiger partial charge in [-0.2, -0.15) is 0 Å². The van der Waals surface area contributed by atoms with Crippen molar-refractivity contribution < 1.29 is 8.42 Å². The summed E-state index contributed by atoms with van der Waals surface area (Å²) in [4.78, 5) is 2.91. The summed E-state index contributed by atoms with van der Waals surface area (Å²) in [5.41, 5.74) is 4.80. The molecule has 0 bridgehead atoms. The third-order valence-electron chi connectivity index (χ3n) is 1.80. The molecule has 0 aliphatic carbocycles. The quantitative estimate of drug-likeness (QED) is 0.665. The molecular formula is C8H15N3O2S.